The van der Waals surface area contributed by atoms with Crippen molar-refractivity contribution in [3.05, 3.63) is 33.9 Å². The zero-order chi connectivity index (χ0) is 15.6. The fourth-order valence-corrected chi connectivity index (χ4v) is 3.35. The van der Waals surface area contributed by atoms with E-state index in [1.54, 1.807) is 0 Å². The van der Waals surface area contributed by atoms with Crippen LogP contribution in [0.1, 0.15) is 40.7 Å². The fourth-order valence-electron chi connectivity index (χ4n) is 3.35. The van der Waals surface area contributed by atoms with E-state index in [1.807, 2.05) is 0 Å². The Bertz CT molecular complexity index is 502. The van der Waals surface area contributed by atoms with Gasteiger partial charge in [-0.1, -0.05) is 6.07 Å². The molecule has 0 saturated carbocycles. The highest BCUT2D eigenvalue weighted by Crippen LogP contribution is 2.23. The quantitative estimate of drug-likeness (QED) is 0.925. The number of aryl methyl sites for hydroxylation is 2. The molecule has 1 aromatic carbocycles. The van der Waals surface area contributed by atoms with E-state index >= 15 is 0 Å². The van der Waals surface area contributed by atoms with E-state index < -0.39 is 5.97 Å². The van der Waals surface area contributed by atoms with Crippen LogP contribution >= 0.6 is 0 Å². The van der Waals surface area contributed by atoms with Gasteiger partial charge in [0, 0.05) is 6.54 Å². The third kappa shape index (κ3) is 3.65. The molecule has 0 aromatic heterocycles. The fraction of sp³-hybridized carbons (Fsp3) is 0.611. The van der Waals surface area contributed by atoms with Gasteiger partial charge in [0.15, 0.2) is 0 Å². The van der Waals surface area contributed by atoms with Crippen LogP contribution in [-0.2, 0) is 11.2 Å². The molecule has 1 aliphatic rings. The van der Waals surface area contributed by atoms with E-state index in [0.29, 0.717) is 0 Å². The van der Waals surface area contributed by atoms with Gasteiger partial charge in [0.1, 0.15) is 0 Å². The van der Waals surface area contributed by atoms with Crippen LogP contribution in [0.5, 0.6) is 0 Å². The molecule has 3 heteroatoms. The van der Waals surface area contributed by atoms with Gasteiger partial charge in [-0.3, -0.25) is 4.79 Å². The lowest BCUT2D eigenvalue weighted by atomic mass is 9.91. The van der Waals surface area contributed by atoms with Gasteiger partial charge in [-0.05, 0) is 87.9 Å². The lowest BCUT2D eigenvalue weighted by Gasteiger charge is -2.30. The van der Waals surface area contributed by atoms with E-state index in [0.717, 1.165) is 38.9 Å². The first-order chi connectivity index (χ1) is 9.90. The minimum Gasteiger partial charge on any atom is -0.481 e. The molecule has 21 heavy (non-hydrogen) atoms. The highest BCUT2D eigenvalue weighted by atomic mass is 16.4. The normalized spacial score (nSPS) is 17.1. The monoisotopic (exact) mass is 289 g/mol. The zero-order valence-electron chi connectivity index (χ0n) is 13.7. The third-order valence-corrected chi connectivity index (χ3v) is 5.14. The molecular formula is C18H27NO2. The van der Waals surface area contributed by atoms with Gasteiger partial charge in [0.2, 0.25) is 0 Å². The first kappa shape index (κ1) is 16.0. The maximum Gasteiger partial charge on any atom is 0.306 e. The minimum atomic E-state index is -0.629. The Kier molecular flexibility index (Phi) is 5.04. The van der Waals surface area contributed by atoms with Gasteiger partial charge in [0.05, 0.1) is 5.92 Å². The van der Waals surface area contributed by atoms with Crippen molar-refractivity contribution in [3.63, 3.8) is 0 Å². The molecule has 0 spiro atoms. The van der Waals surface area contributed by atoms with Crippen LogP contribution in [0, 0.1) is 33.6 Å². The second kappa shape index (κ2) is 6.61. The smallest absolute Gasteiger partial charge is 0.306 e. The second-order valence-electron chi connectivity index (χ2n) is 6.44. The molecule has 1 fully saturated rings. The lowest BCUT2D eigenvalue weighted by Crippen LogP contribution is -2.37. The van der Waals surface area contributed by atoms with Gasteiger partial charge in [-0.2, -0.15) is 0 Å². The number of aliphatic carboxylic acids is 1. The van der Waals surface area contributed by atoms with Gasteiger partial charge < -0.3 is 10.0 Å². The molecule has 0 radical (unpaired) electrons. The van der Waals surface area contributed by atoms with Crippen molar-refractivity contribution in [2.24, 2.45) is 5.92 Å². The Morgan fingerprint density at radius 1 is 1.14 bits per heavy atom. The van der Waals surface area contributed by atoms with Crippen molar-refractivity contribution in [2.75, 3.05) is 19.6 Å². The van der Waals surface area contributed by atoms with Gasteiger partial charge in [-0.15, -0.1) is 0 Å². The number of hydrogen-bond acceptors (Lipinski definition) is 2. The predicted octanol–water partition coefficient (Wildman–Crippen LogP) is 3.26. The molecule has 1 saturated heterocycles. The molecule has 0 amide bonds. The summed E-state index contributed by atoms with van der Waals surface area (Å²) in [6.45, 7) is 11.7. The van der Waals surface area contributed by atoms with Crippen molar-refractivity contribution in [1.82, 2.24) is 4.90 Å². The van der Waals surface area contributed by atoms with Crippen LogP contribution in [0.2, 0.25) is 0 Å². The summed E-state index contributed by atoms with van der Waals surface area (Å²) in [5, 5.41) is 9.05. The third-order valence-electron chi connectivity index (χ3n) is 5.14. The highest BCUT2D eigenvalue weighted by Gasteiger charge is 2.24. The van der Waals surface area contributed by atoms with Crippen LogP contribution in [-0.4, -0.2) is 35.6 Å². The van der Waals surface area contributed by atoms with Crippen molar-refractivity contribution >= 4 is 5.97 Å². The standard InChI is InChI=1S/C18H27NO2/c1-12-11-13(2)15(4)17(14(12)3)7-10-19-8-5-16(6-9-19)18(20)21/h11,16H,5-10H2,1-4H3,(H,20,21). The molecule has 0 unspecified atom stereocenters. The Morgan fingerprint density at radius 2 is 1.67 bits per heavy atom. The first-order valence-corrected chi connectivity index (χ1v) is 7.91. The molecule has 0 atom stereocenters. The van der Waals surface area contributed by atoms with Crippen molar-refractivity contribution in [3.8, 4) is 0 Å². The molecule has 1 N–H and O–H groups in total. The summed E-state index contributed by atoms with van der Waals surface area (Å²) in [6.07, 6.45) is 2.65. The number of hydrogen-bond donors (Lipinski definition) is 1. The van der Waals surface area contributed by atoms with Crippen LogP contribution < -0.4 is 0 Å². The summed E-state index contributed by atoms with van der Waals surface area (Å²) in [5.74, 6) is -0.762. The summed E-state index contributed by atoms with van der Waals surface area (Å²) >= 11 is 0. The molecule has 0 aliphatic carbocycles. The van der Waals surface area contributed by atoms with E-state index in [1.165, 1.54) is 27.8 Å². The Labute approximate surface area is 128 Å². The summed E-state index contributed by atoms with van der Waals surface area (Å²) < 4.78 is 0. The largest absolute Gasteiger partial charge is 0.481 e. The molecule has 3 nitrogen and oxygen atoms in total. The van der Waals surface area contributed by atoms with Crippen LogP contribution in [0.3, 0.4) is 0 Å². The summed E-state index contributed by atoms with van der Waals surface area (Å²) in [6, 6.07) is 2.27. The molecule has 1 aliphatic heterocycles. The minimum absolute atomic E-state index is 0.133. The number of benzene rings is 1. The van der Waals surface area contributed by atoms with Gasteiger partial charge in [-0.25, -0.2) is 0 Å². The van der Waals surface area contributed by atoms with Crippen LogP contribution in [0.25, 0.3) is 0 Å². The van der Waals surface area contributed by atoms with Gasteiger partial charge in [0.25, 0.3) is 0 Å². The molecule has 1 aromatic rings. The second-order valence-corrected chi connectivity index (χ2v) is 6.44. The molecule has 116 valence electrons. The topological polar surface area (TPSA) is 40.5 Å². The van der Waals surface area contributed by atoms with Crippen LogP contribution in [0.15, 0.2) is 6.07 Å². The van der Waals surface area contributed by atoms with E-state index in [-0.39, 0.29) is 5.92 Å². The van der Waals surface area contributed by atoms with Crippen molar-refractivity contribution in [1.29, 1.82) is 0 Å². The number of carboxylic acid groups (broad SMARTS) is 1. The lowest BCUT2D eigenvalue weighted by molar-refractivity contribution is -0.143. The number of carboxylic acids is 1. The van der Waals surface area contributed by atoms with Crippen molar-refractivity contribution in [2.45, 2.75) is 47.0 Å². The number of carbonyl (C=O) groups is 1. The highest BCUT2D eigenvalue weighted by molar-refractivity contribution is 5.70. The molecule has 1 heterocycles. The van der Waals surface area contributed by atoms with Gasteiger partial charge >= 0.3 is 5.97 Å². The van der Waals surface area contributed by atoms with Crippen molar-refractivity contribution < 1.29 is 9.90 Å². The Balaban J connectivity index is 1.97. The number of rotatable bonds is 4. The average molecular weight is 289 g/mol. The maximum absolute atomic E-state index is 11.0. The summed E-state index contributed by atoms with van der Waals surface area (Å²) in [7, 11) is 0. The summed E-state index contributed by atoms with van der Waals surface area (Å²) in [5.41, 5.74) is 7.06. The Morgan fingerprint density at radius 3 is 2.14 bits per heavy atom. The number of nitrogens with zero attached hydrogens (tertiary/aromatic N) is 1. The summed E-state index contributed by atoms with van der Waals surface area (Å²) in [4.78, 5) is 13.4. The SMILES string of the molecule is Cc1cc(C)c(C)c(CCN2CCC(C(=O)O)CC2)c1C. The molecular weight excluding hydrogens is 262 g/mol. The number of piperidine rings is 1. The zero-order valence-corrected chi connectivity index (χ0v) is 13.7. The number of likely N-dealkylation sites (tertiary alicyclic amines) is 1. The van der Waals surface area contributed by atoms with E-state index in [9.17, 15) is 4.79 Å². The first-order valence-electron chi connectivity index (χ1n) is 7.91. The predicted molar refractivity (Wildman–Crippen MR) is 85.9 cm³/mol. The van der Waals surface area contributed by atoms with Crippen LogP contribution in [0.4, 0.5) is 0 Å². The maximum atomic E-state index is 11.0. The van der Waals surface area contributed by atoms with E-state index in [2.05, 4.69) is 38.7 Å². The average Bonchev–Trinajstić information content (AvgIpc) is 2.45. The Hall–Kier alpha value is -1.35. The molecule has 2 rings (SSSR count). The van der Waals surface area contributed by atoms with E-state index in [4.69, 9.17) is 5.11 Å². The molecule has 0 bridgehead atoms.